The predicted molar refractivity (Wildman–Crippen MR) is 239 cm³/mol. The molecule has 5 rings (SSSR count). The first-order chi connectivity index (χ1) is 23.8. The second kappa shape index (κ2) is 13.8. The van der Waals surface area contributed by atoms with Gasteiger partial charge in [-0.15, -0.1) is 49.2 Å². The second-order valence-electron chi connectivity index (χ2n) is 13.6. The molecule has 1 saturated heterocycles. The van der Waals surface area contributed by atoms with Crippen LogP contribution in [0, 0.1) is 0 Å². The van der Waals surface area contributed by atoms with Crippen molar-refractivity contribution in [2.45, 2.75) is 38.9 Å². The van der Waals surface area contributed by atoms with Gasteiger partial charge in [-0.2, -0.15) is 0 Å². The standard InChI is InChI=1S/C30H12B19NO2/c1-29(2)30(3,4)52-49(51-29)25-18(42)23(47)28(24(48)19(25)43)50(27-21(45)16(40)15(39)17(41)22(27)46)26-10(34)6(9(33)13(37)20(26)44)5-7(31)11(35)14(38)12(36)8(5)32/h1-4H3. The zero-order valence-corrected chi connectivity index (χ0v) is 29.2. The molecule has 206 valence electrons. The van der Waals surface area contributed by atoms with Crippen LogP contribution in [-0.4, -0.2) is 160 Å². The molecule has 22 heteroatoms. The van der Waals surface area contributed by atoms with Gasteiger partial charge in [-0.25, -0.2) is 0 Å². The molecule has 0 atom stereocenters. The van der Waals surface area contributed by atoms with Crippen LogP contribution in [0.2, 0.25) is 0 Å². The van der Waals surface area contributed by atoms with Gasteiger partial charge < -0.3 is 14.2 Å². The van der Waals surface area contributed by atoms with E-state index < -0.39 is 18.3 Å². The van der Waals surface area contributed by atoms with Crippen LogP contribution in [0.4, 0.5) is 17.1 Å². The number of hydrogen-bond acceptors (Lipinski definition) is 3. The molecule has 0 aliphatic carbocycles. The van der Waals surface area contributed by atoms with Gasteiger partial charge in [0.05, 0.1) is 11.2 Å². The van der Waals surface area contributed by atoms with Gasteiger partial charge in [0.15, 0.2) is 0 Å². The minimum absolute atomic E-state index is 0.0135. The fourth-order valence-corrected chi connectivity index (χ4v) is 6.15. The summed E-state index contributed by atoms with van der Waals surface area (Å²) in [5.41, 5.74) is -4.66. The van der Waals surface area contributed by atoms with E-state index in [0.717, 1.165) is 0 Å². The third-order valence-corrected chi connectivity index (χ3v) is 10.1. The Morgan fingerprint density at radius 3 is 0.904 bits per heavy atom. The Hall–Kier alpha value is -2.17. The summed E-state index contributed by atoms with van der Waals surface area (Å²) in [6, 6.07) is 0. The molecule has 0 N–H and O–H groups in total. The normalized spacial score (nSPS) is 14.9. The van der Waals surface area contributed by atoms with Crippen molar-refractivity contribution in [1.29, 1.82) is 0 Å². The molecule has 0 unspecified atom stereocenters. The van der Waals surface area contributed by atoms with Gasteiger partial charge in [0, 0.05) is 17.1 Å². The first-order valence-corrected chi connectivity index (χ1v) is 15.5. The van der Waals surface area contributed by atoms with Crippen LogP contribution >= 0.6 is 0 Å². The van der Waals surface area contributed by atoms with Gasteiger partial charge in [0.1, 0.15) is 141 Å². The Morgan fingerprint density at radius 1 is 0.327 bits per heavy atom. The Balaban J connectivity index is 1.99. The Morgan fingerprint density at radius 2 is 0.558 bits per heavy atom. The molecule has 36 radical (unpaired) electrons. The van der Waals surface area contributed by atoms with E-state index in [4.69, 9.17) is 151 Å². The van der Waals surface area contributed by atoms with Crippen molar-refractivity contribution >= 4 is 269 Å². The lowest BCUT2D eigenvalue weighted by molar-refractivity contribution is 0.00578. The molecule has 3 nitrogen and oxygen atoms in total. The van der Waals surface area contributed by atoms with Crippen LogP contribution < -0.4 is 109 Å². The maximum absolute atomic E-state index is 6.97. The van der Waals surface area contributed by atoms with Gasteiger partial charge >= 0.3 is 7.12 Å². The highest BCUT2D eigenvalue weighted by Crippen LogP contribution is 2.36. The molecule has 1 heterocycles. The van der Waals surface area contributed by atoms with Crippen LogP contribution in [-0.2, 0) is 9.31 Å². The number of nitrogens with zero attached hydrogens (tertiary/aromatic N) is 1. The van der Waals surface area contributed by atoms with Crippen molar-refractivity contribution in [2.24, 2.45) is 0 Å². The monoisotopic (exact) mass is 627 g/mol. The van der Waals surface area contributed by atoms with Crippen molar-refractivity contribution in [3.8, 4) is 11.1 Å². The van der Waals surface area contributed by atoms with Crippen molar-refractivity contribution in [2.75, 3.05) is 4.90 Å². The summed E-state index contributed by atoms with van der Waals surface area (Å²) in [6.45, 7) is 7.39. The molecule has 1 aliphatic heterocycles. The largest absolute Gasteiger partial charge is 0.493 e. The average Bonchev–Trinajstić information content (AvgIpc) is 3.29. The SMILES string of the molecule is [B]c1c([B])c([B])c(-c2c([B])c([B])c([B])c(N(c3c([B])c([B])c([B])c([B])c3[B])c3c([B])c([B])c(B4OC(C)(C)C(C)(C)O4)c([B])c3[B])c2[B])c([B])c1[B]. The maximum Gasteiger partial charge on any atom is 0.493 e. The van der Waals surface area contributed by atoms with E-state index in [2.05, 4.69) is 0 Å². The Kier molecular flexibility index (Phi) is 10.9. The van der Waals surface area contributed by atoms with Gasteiger partial charge in [-0.1, -0.05) is 49.2 Å². The summed E-state index contributed by atoms with van der Waals surface area (Å²) in [5.74, 6) is 0. The highest BCUT2D eigenvalue weighted by Gasteiger charge is 2.52. The fraction of sp³-hybridized carbons (Fsp3) is 0.200. The highest BCUT2D eigenvalue weighted by molar-refractivity contribution is 6.78. The maximum atomic E-state index is 6.97. The predicted octanol–water partition coefficient (Wildman–Crippen LogP) is -14.6. The summed E-state index contributed by atoms with van der Waals surface area (Å²) in [4.78, 5) is 1.24. The third kappa shape index (κ3) is 5.95. The first kappa shape index (κ1) is 41.0. The third-order valence-electron chi connectivity index (χ3n) is 10.1. The highest BCUT2D eigenvalue weighted by atomic mass is 16.7. The minimum atomic E-state index is -1.09. The topological polar surface area (TPSA) is 21.7 Å². The van der Waals surface area contributed by atoms with E-state index in [9.17, 15) is 0 Å². The zero-order chi connectivity index (χ0) is 39.4. The van der Waals surface area contributed by atoms with Gasteiger partial charge in [-0.3, -0.25) is 0 Å². The van der Waals surface area contributed by atoms with Crippen LogP contribution in [0.25, 0.3) is 11.1 Å². The lowest BCUT2D eigenvalue weighted by atomic mass is 9.56. The summed E-state index contributed by atoms with van der Waals surface area (Å²) >= 11 is 0. The van der Waals surface area contributed by atoms with Crippen molar-refractivity contribution in [3.05, 3.63) is 0 Å². The van der Waals surface area contributed by atoms with Gasteiger partial charge in [-0.05, 0) is 44.3 Å². The number of rotatable bonds is 5. The van der Waals surface area contributed by atoms with Gasteiger partial charge in [0.25, 0.3) is 0 Å². The molecule has 52 heavy (non-hydrogen) atoms. The van der Waals surface area contributed by atoms with E-state index in [1.807, 2.05) is 27.7 Å². The minimum Gasteiger partial charge on any atom is -0.399 e. The van der Waals surface area contributed by atoms with E-state index in [1.54, 1.807) is 0 Å². The van der Waals surface area contributed by atoms with E-state index in [-0.39, 0.29) is 132 Å². The molecule has 0 aromatic heterocycles. The molecule has 0 amide bonds. The summed E-state index contributed by atoms with van der Waals surface area (Å²) in [5, 5.41) is 0. The molecular formula is C30H12B19NO2. The van der Waals surface area contributed by atoms with Crippen molar-refractivity contribution in [1.82, 2.24) is 0 Å². The smallest absolute Gasteiger partial charge is 0.399 e. The van der Waals surface area contributed by atoms with E-state index in [0.29, 0.717) is 0 Å². The molecular weight excluding hydrogens is 612 g/mol. The Bertz CT molecular complexity index is 2120. The molecule has 0 bridgehead atoms. The second-order valence-corrected chi connectivity index (χ2v) is 13.6. The lowest BCUT2D eigenvalue weighted by Crippen LogP contribution is -2.64. The quantitative estimate of drug-likeness (QED) is 0.206. The number of hydrogen-bond donors (Lipinski definition) is 0. The summed E-state index contributed by atoms with van der Waals surface area (Å²) < 4.78 is 12.5. The van der Waals surface area contributed by atoms with Crippen LogP contribution in [0.15, 0.2) is 0 Å². The van der Waals surface area contributed by atoms with E-state index >= 15 is 0 Å². The number of anilines is 3. The van der Waals surface area contributed by atoms with Crippen molar-refractivity contribution in [3.63, 3.8) is 0 Å². The van der Waals surface area contributed by atoms with Gasteiger partial charge in [0.2, 0.25) is 0 Å². The van der Waals surface area contributed by atoms with Crippen LogP contribution in [0.1, 0.15) is 27.7 Å². The zero-order valence-electron chi connectivity index (χ0n) is 29.2. The molecule has 1 fully saturated rings. The Labute approximate surface area is 331 Å². The number of benzene rings is 4. The molecule has 0 spiro atoms. The summed E-state index contributed by atoms with van der Waals surface area (Å²) in [7, 11) is 116. The van der Waals surface area contributed by atoms with Crippen LogP contribution in [0.5, 0.6) is 0 Å². The fourth-order valence-electron chi connectivity index (χ4n) is 6.15. The lowest BCUT2D eigenvalue weighted by Gasteiger charge is -2.40. The molecule has 4 aromatic carbocycles. The first-order valence-electron chi connectivity index (χ1n) is 15.5. The molecule has 4 aromatic rings. The van der Waals surface area contributed by atoms with Crippen molar-refractivity contribution < 1.29 is 9.31 Å². The molecule has 1 aliphatic rings. The van der Waals surface area contributed by atoms with E-state index in [1.165, 1.54) is 4.90 Å². The summed E-state index contributed by atoms with van der Waals surface area (Å²) in [6.07, 6.45) is 0. The molecule has 0 saturated carbocycles. The van der Waals surface area contributed by atoms with Crippen LogP contribution in [0.3, 0.4) is 0 Å². The average molecular weight is 624 g/mol.